The van der Waals surface area contributed by atoms with E-state index in [9.17, 15) is 0 Å². The maximum Gasteiger partial charge on any atom is 0.234 e. The van der Waals surface area contributed by atoms with Gasteiger partial charge in [0.25, 0.3) is 0 Å². The first-order valence-electron chi connectivity index (χ1n) is 6.26. The third-order valence-corrected chi connectivity index (χ3v) is 6.02. The molecule has 1 aromatic heterocycles. The number of aromatic nitrogens is 1. The monoisotopic (exact) mass is 366 g/mol. The van der Waals surface area contributed by atoms with Crippen LogP contribution in [0.3, 0.4) is 0 Å². The summed E-state index contributed by atoms with van der Waals surface area (Å²) in [4.78, 5) is 2.28. The number of hydrogen-bond acceptors (Lipinski definition) is 1. The van der Waals surface area contributed by atoms with Gasteiger partial charge < -0.3 is 0 Å². The SMILES string of the molecule is CN(C)C(C=Cc1ccccc1)[I][n+]1ccccc1. The van der Waals surface area contributed by atoms with Crippen molar-refractivity contribution < 1.29 is 2.78 Å². The average molecular weight is 366 g/mol. The summed E-state index contributed by atoms with van der Waals surface area (Å²) in [5.41, 5.74) is 1.26. The fourth-order valence-corrected chi connectivity index (χ4v) is 3.90. The number of halogens is 1. The lowest BCUT2D eigenvalue weighted by atomic mass is 10.2. The van der Waals surface area contributed by atoms with Crippen LogP contribution >= 0.6 is 21.5 Å². The van der Waals surface area contributed by atoms with E-state index in [1.807, 2.05) is 6.07 Å². The van der Waals surface area contributed by atoms with Crippen molar-refractivity contribution in [1.29, 1.82) is 0 Å². The zero-order valence-corrected chi connectivity index (χ0v) is 13.4. The summed E-state index contributed by atoms with van der Waals surface area (Å²) in [5.74, 6) is 0. The molecule has 2 nitrogen and oxygen atoms in total. The first-order valence-corrected chi connectivity index (χ1v) is 8.47. The second-order valence-electron chi connectivity index (χ2n) is 4.42. The first kappa shape index (κ1) is 14.2. The van der Waals surface area contributed by atoms with E-state index in [1.165, 1.54) is 5.56 Å². The van der Waals surface area contributed by atoms with Crippen molar-refractivity contribution in [3.05, 3.63) is 72.6 Å². The van der Waals surface area contributed by atoms with Gasteiger partial charge in [-0.25, -0.2) is 0 Å². The molecule has 0 saturated carbocycles. The maximum atomic E-state index is 2.32. The van der Waals surface area contributed by atoms with Crippen molar-refractivity contribution in [2.45, 2.75) is 4.05 Å². The molecule has 0 bridgehead atoms. The molecule has 3 heteroatoms. The Morgan fingerprint density at radius 1 is 1.00 bits per heavy atom. The number of hydrogen-bond donors (Lipinski definition) is 0. The van der Waals surface area contributed by atoms with Crippen molar-refractivity contribution in [1.82, 2.24) is 4.90 Å². The lowest BCUT2D eigenvalue weighted by Crippen LogP contribution is -2.31. The Bertz CT molecular complexity index is 509. The van der Waals surface area contributed by atoms with Crippen LogP contribution in [-0.4, -0.2) is 23.0 Å². The molecular formula is C16H19IN2+. The van der Waals surface area contributed by atoms with Crippen LogP contribution in [0, 0.1) is 0 Å². The maximum absolute atomic E-state index is 2.32. The molecule has 19 heavy (non-hydrogen) atoms. The van der Waals surface area contributed by atoms with Crippen LogP contribution in [0.15, 0.2) is 67.0 Å². The van der Waals surface area contributed by atoms with Gasteiger partial charge >= 0.3 is 0 Å². The topological polar surface area (TPSA) is 7.12 Å². The molecule has 1 unspecified atom stereocenters. The molecule has 0 saturated heterocycles. The molecule has 0 aliphatic heterocycles. The highest BCUT2D eigenvalue weighted by atomic mass is 127. The Balaban J connectivity index is 2.07. The highest BCUT2D eigenvalue weighted by Gasteiger charge is 2.16. The number of likely N-dealkylation sites (N-methyl/N-ethyl adjacent to an activating group) is 1. The molecule has 0 N–H and O–H groups in total. The summed E-state index contributed by atoms with van der Waals surface area (Å²) in [6.45, 7) is 0. The number of alkyl halides is 1. The normalized spacial score (nSPS) is 13.0. The second kappa shape index (κ2) is 7.40. The Hall–Kier alpha value is -1.20. The highest BCUT2D eigenvalue weighted by molar-refractivity contribution is 14.2. The standard InChI is InChI=1S/C16H19IN2/c1-18(2)16(17-19-13-7-4-8-14-19)12-11-15-9-5-3-6-10-15/h3-14,16H,1-2H3/q+1. The molecule has 1 atom stereocenters. The molecule has 1 heterocycles. The highest BCUT2D eigenvalue weighted by Crippen LogP contribution is 2.19. The lowest BCUT2D eigenvalue weighted by Gasteiger charge is -2.15. The van der Waals surface area contributed by atoms with Gasteiger partial charge in [-0.2, -0.15) is 2.78 Å². The van der Waals surface area contributed by atoms with E-state index in [0.29, 0.717) is 4.05 Å². The van der Waals surface area contributed by atoms with Crippen LogP contribution in [0.25, 0.3) is 6.08 Å². The molecule has 0 fully saturated rings. The Kier molecular flexibility index (Phi) is 5.54. The van der Waals surface area contributed by atoms with Gasteiger partial charge in [0.15, 0.2) is 12.4 Å². The molecule has 0 aliphatic carbocycles. The van der Waals surface area contributed by atoms with Gasteiger partial charge in [0.2, 0.25) is 21.5 Å². The second-order valence-corrected chi connectivity index (χ2v) is 7.37. The summed E-state index contributed by atoms with van der Waals surface area (Å²) in [5, 5.41) is 0. The molecule has 0 amide bonds. The molecular weight excluding hydrogens is 347 g/mol. The van der Waals surface area contributed by atoms with Crippen LogP contribution < -0.4 is 2.78 Å². The minimum absolute atomic E-state index is 0.122. The van der Waals surface area contributed by atoms with Crippen molar-refractivity contribution in [2.75, 3.05) is 14.1 Å². The van der Waals surface area contributed by atoms with Gasteiger partial charge in [-0.3, -0.25) is 4.90 Å². The van der Waals surface area contributed by atoms with E-state index < -0.39 is 0 Å². The Labute approximate surface area is 126 Å². The van der Waals surface area contributed by atoms with Gasteiger partial charge in [-0.05, 0) is 19.7 Å². The predicted octanol–water partition coefficient (Wildman–Crippen LogP) is 3.31. The summed E-state index contributed by atoms with van der Waals surface area (Å²) in [6.07, 6.45) is 8.83. The van der Waals surface area contributed by atoms with E-state index in [2.05, 4.69) is 88.8 Å². The van der Waals surface area contributed by atoms with E-state index in [1.54, 1.807) is 0 Å². The fraction of sp³-hybridized carbons (Fsp3) is 0.188. The molecule has 2 aromatic rings. The molecule has 1 aromatic carbocycles. The minimum Gasteiger partial charge on any atom is -0.290 e. The molecule has 1 radical (unpaired) electrons. The molecule has 2 rings (SSSR count). The van der Waals surface area contributed by atoms with Crippen molar-refractivity contribution in [2.24, 2.45) is 0 Å². The number of benzene rings is 1. The Morgan fingerprint density at radius 2 is 1.63 bits per heavy atom. The van der Waals surface area contributed by atoms with Gasteiger partial charge in [-0.15, -0.1) is 0 Å². The largest absolute Gasteiger partial charge is 0.290 e. The van der Waals surface area contributed by atoms with Crippen LogP contribution in [-0.2, 0) is 0 Å². The van der Waals surface area contributed by atoms with Gasteiger partial charge in [0, 0.05) is 12.1 Å². The van der Waals surface area contributed by atoms with Crippen LogP contribution in [0.4, 0.5) is 0 Å². The average Bonchev–Trinajstić information content (AvgIpc) is 2.45. The Morgan fingerprint density at radius 3 is 2.26 bits per heavy atom. The number of nitrogens with zero attached hydrogens (tertiary/aromatic N) is 2. The van der Waals surface area contributed by atoms with Crippen LogP contribution in [0.1, 0.15) is 5.56 Å². The van der Waals surface area contributed by atoms with E-state index in [-0.39, 0.29) is 21.5 Å². The smallest absolute Gasteiger partial charge is 0.234 e. The van der Waals surface area contributed by atoms with E-state index in [0.717, 1.165) is 0 Å². The lowest BCUT2D eigenvalue weighted by molar-refractivity contribution is -0.442. The quantitative estimate of drug-likeness (QED) is 0.448. The van der Waals surface area contributed by atoms with Crippen molar-refractivity contribution in [3.63, 3.8) is 0 Å². The summed E-state index contributed by atoms with van der Waals surface area (Å²) in [6, 6.07) is 16.7. The fourth-order valence-electron chi connectivity index (χ4n) is 1.60. The van der Waals surface area contributed by atoms with Crippen molar-refractivity contribution in [3.8, 4) is 0 Å². The summed E-state index contributed by atoms with van der Waals surface area (Å²) < 4.78 is 2.81. The number of pyridine rings is 1. The molecule has 99 valence electrons. The van der Waals surface area contributed by atoms with E-state index >= 15 is 0 Å². The zero-order chi connectivity index (χ0) is 13.5. The summed E-state index contributed by atoms with van der Waals surface area (Å²) >= 11 is -0.122. The third-order valence-electron chi connectivity index (χ3n) is 2.63. The van der Waals surface area contributed by atoms with Crippen molar-refractivity contribution >= 4 is 27.6 Å². The summed E-state index contributed by atoms with van der Waals surface area (Å²) in [7, 11) is 4.28. The predicted molar refractivity (Wildman–Crippen MR) is 89.0 cm³/mol. The van der Waals surface area contributed by atoms with E-state index in [4.69, 9.17) is 0 Å². The van der Waals surface area contributed by atoms with Crippen LogP contribution in [0.2, 0.25) is 0 Å². The zero-order valence-electron chi connectivity index (χ0n) is 11.3. The minimum atomic E-state index is -0.122. The molecule has 0 aliphatic rings. The van der Waals surface area contributed by atoms with Crippen LogP contribution in [0.5, 0.6) is 0 Å². The van der Waals surface area contributed by atoms with Gasteiger partial charge in [0.1, 0.15) is 4.05 Å². The third kappa shape index (κ3) is 4.76. The van der Waals surface area contributed by atoms with Gasteiger partial charge in [-0.1, -0.05) is 48.6 Å². The number of rotatable bonds is 5. The first-order chi connectivity index (χ1) is 9.25. The van der Waals surface area contributed by atoms with Gasteiger partial charge in [0.05, 0.1) is 0 Å². The molecule has 0 spiro atoms.